The number of aliphatic hydroxyl groups is 1. The number of aromatic nitrogens is 1. The second kappa shape index (κ2) is 6.91. The molecule has 0 aromatic carbocycles. The van der Waals surface area contributed by atoms with Crippen LogP contribution in [0.1, 0.15) is 18.5 Å². The number of thioether (sulfide) groups is 1. The SMILES string of the molecule is CN(CC(O)C1CC1)C(=O)CSCc1ccccn1. The summed E-state index contributed by atoms with van der Waals surface area (Å²) in [5.74, 6) is 1.66. The highest BCUT2D eigenvalue weighted by atomic mass is 32.2. The minimum atomic E-state index is -0.352. The van der Waals surface area contributed by atoms with Crippen LogP contribution in [0.3, 0.4) is 0 Å². The molecule has 1 heterocycles. The van der Waals surface area contributed by atoms with Crippen molar-refractivity contribution in [1.29, 1.82) is 0 Å². The molecule has 19 heavy (non-hydrogen) atoms. The molecule has 0 radical (unpaired) electrons. The van der Waals surface area contributed by atoms with Crippen molar-refractivity contribution in [3.8, 4) is 0 Å². The zero-order valence-corrected chi connectivity index (χ0v) is 12.0. The van der Waals surface area contributed by atoms with E-state index in [1.165, 1.54) is 0 Å². The molecule has 0 bridgehead atoms. The van der Waals surface area contributed by atoms with E-state index in [4.69, 9.17) is 0 Å². The van der Waals surface area contributed by atoms with Gasteiger partial charge in [0.2, 0.25) is 5.91 Å². The molecule has 1 aliphatic carbocycles. The molecule has 1 N–H and O–H groups in total. The van der Waals surface area contributed by atoms with E-state index < -0.39 is 0 Å². The molecule has 1 aliphatic rings. The summed E-state index contributed by atoms with van der Waals surface area (Å²) in [5, 5.41) is 9.80. The summed E-state index contributed by atoms with van der Waals surface area (Å²) in [5.41, 5.74) is 0.987. The lowest BCUT2D eigenvalue weighted by molar-refractivity contribution is -0.128. The lowest BCUT2D eigenvalue weighted by Crippen LogP contribution is -2.36. The van der Waals surface area contributed by atoms with Gasteiger partial charge < -0.3 is 10.0 Å². The number of likely N-dealkylation sites (N-methyl/N-ethyl adjacent to an activating group) is 1. The van der Waals surface area contributed by atoms with Gasteiger partial charge in [0, 0.05) is 25.5 Å². The predicted molar refractivity (Wildman–Crippen MR) is 76.8 cm³/mol. The number of pyridine rings is 1. The molecule has 0 saturated heterocycles. The van der Waals surface area contributed by atoms with Gasteiger partial charge in [-0.2, -0.15) is 0 Å². The van der Waals surface area contributed by atoms with Crippen LogP contribution in [0.15, 0.2) is 24.4 Å². The van der Waals surface area contributed by atoms with E-state index >= 15 is 0 Å². The largest absolute Gasteiger partial charge is 0.391 e. The van der Waals surface area contributed by atoms with E-state index in [9.17, 15) is 9.90 Å². The van der Waals surface area contributed by atoms with E-state index in [2.05, 4.69) is 4.98 Å². The van der Waals surface area contributed by atoms with Crippen molar-refractivity contribution in [1.82, 2.24) is 9.88 Å². The van der Waals surface area contributed by atoms with Crippen molar-refractivity contribution in [2.24, 2.45) is 5.92 Å². The highest BCUT2D eigenvalue weighted by Gasteiger charge is 2.30. The number of amides is 1. The lowest BCUT2D eigenvalue weighted by atomic mass is 10.2. The van der Waals surface area contributed by atoms with Crippen LogP contribution >= 0.6 is 11.8 Å². The summed E-state index contributed by atoms with van der Waals surface area (Å²) in [6, 6.07) is 5.78. The highest BCUT2D eigenvalue weighted by Crippen LogP contribution is 2.32. The summed E-state index contributed by atoms with van der Waals surface area (Å²) in [6.45, 7) is 0.452. The van der Waals surface area contributed by atoms with Crippen LogP contribution < -0.4 is 0 Å². The first kappa shape index (κ1) is 14.3. The Kier molecular flexibility index (Phi) is 5.22. The van der Waals surface area contributed by atoms with Gasteiger partial charge >= 0.3 is 0 Å². The Bertz CT molecular complexity index is 409. The first-order valence-corrected chi connectivity index (χ1v) is 7.72. The highest BCUT2D eigenvalue weighted by molar-refractivity contribution is 7.99. The number of rotatable bonds is 7. The van der Waals surface area contributed by atoms with Gasteiger partial charge in [-0.15, -0.1) is 11.8 Å². The summed E-state index contributed by atoms with van der Waals surface area (Å²) in [6.07, 6.45) is 3.60. The predicted octanol–water partition coefficient (Wildman–Crippen LogP) is 1.54. The Morgan fingerprint density at radius 1 is 1.58 bits per heavy atom. The fourth-order valence-electron chi connectivity index (χ4n) is 1.85. The minimum absolute atomic E-state index is 0.0700. The van der Waals surface area contributed by atoms with Crippen molar-refractivity contribution in [3.05, 3.63) is 30.1 Å². The second-order valence-electron chi connectivity index (χ2n) is 4.99. The minimum Gasteiger partial charge on any atom is -0.391 e. The second-order valence-corrected chi connectivity index (χ2v) is 5.98. The maximum atomic E-state index is 11.9. The van der Waals surface area contributed by atoms with E-state index in [-0.39, 0.29) is 12.0 Å². The lowest BCUT2D eigenvalue weighted by Gasteiger charge is -2.20. The third-order valence-electron chi connectivity index (χ3n) is 3.25. The molecule has 1 saturated carbocycles. The molecule has 2 rings (SSSR count). The van der Waals surface area contributed by atoms with E-state index in [1.54, 1.807) is 29.9 Å². The summed E-state index contributed by atoms with van der Waals surface area (Å²) in [7, 11) is 1.76. The molecule has 104 valence electrons. The number of aliphatic hydroxyl groups excluding tert-OH is 1. The van der Waals surface area contributed by atoms with E-state index in [0.717, 1.165) is 24.3 Å². The molecule has 1 aromatic rings. The number of nitrogens with zero attached hydrogens (tertiary/aromatic N) is 2. The third-order valence-corrected chi connectivity index (χ3v) is 4.21. The molecule has 0 aliphatic heterocycles. The molecular weight excluding hydrogens is 260 g/mol. The van der Waals surface area contributed by atoms with Crippen LogP contribution in [-0.2, 0) is 10.5 Å². The van der Waals surface area contributed by atoms with Gasteiger partial charge in [0.1, 0.15) is 0 Å². The van der Waals surface area contributed by atoms with Crippen molar-refractivity contribution in [3.63, 3.8) is 0 Å². The molecule has 4 nitrogen and oxygen atoms in total. The molecule has 1 aromatic heterocycles. The monoisotopic (exact) mass is 280 g/mol. The topological polar surface area (TPSA) is 53.4 Å². The number of hydrogen-bond acceptors (Lipinski definition) is 4. The first-order chi connectivity index (χ1) is 9.16. The van der Waals surface area contributed by atoms with Crippen LogP contribution in [0.25, 0.3) is 0 Å². The number of carbonyl (C=O) groups is 1. The average molecular weight is 280 g/mol. The van der Waals surface area contributed by atoms with Gasteiger partial charge in [0.25, 0.3) is 0 Å². The summed E-state index contributed by atoms with van der Waals surface area (Å²) >= 11 is 1.56. The van der Waals surface area contributed by atoms with Crippen molar-refractivity contribution < 1.29 is 9.90 Å². The quantitative estimate of drug-likeness (QED) is 0.823. The third kappa shape index (κ3) is 4.84. The molecule has 1 amide bonds. The maximum Gasteiger partial charge on any atom is 0.232 e. The van der Waals surface area contributed by atoms with Crippen LogP contribution in [0.4, 0.5) is 0 Å². The van der Waals surface area contributed by atoms with Crippen LogP contribution in [0.5, 0.6) is 0 Å². The number of hydrogen-bond donors (Lipinski definition) is 1. The Morgan fingerprint density at radius 2 is 2.37 bits per heavy atom. The fourth-order valence-corrected chi connectivity index (χ4v) is 2.73. The van der Waals surface area contributed by atoms with Crippen LogP contribution in [0, 0.1) is 5.92 Å². The summed E-state index contributed by atoms with van der Waals surface area (Å²) in [4.78, 5) is 17.7. The Balaban J connectivity index is 1.65. The Hall–Kier alpha value is -1.07. The first-order valence-electron chi connectivity index (χ1n) is 6.56. The smallest absolute Gasteiger partial charge is 0.232 e. The van der Waals surface area contributed by atoms with Gasteiger partial charge in [-0.3, -0.25) is 9.78 Å². The van der Waals surface area contributed by atoms with Gasteiger partial charge in [-0.05, 0) is 30.9 Å². The van der Waals surface area contributed by atoms with Gasteiger partial charge in [0.05, 0.1) is 17.6 Å². The van der Waals surface area contributed by atoms with Gasteiger partial charge in [-0.1, -0.05) is 6.07 Å². The van der Waals surface area contributed by atoms with Gasteiger partial charge in [0.15, 0.2) is 0 Å². The Labute approximate surface area is 118 Å². The van der Waals surface area contributed by atoms with Gasteiger partial charge in [-0.25, -0.2) is 0 Å². The summed E-state index contributed by atoms with van der Waals surface area (Å²) < 4.78 is 0. The molecule has 1 fully saturated rings. The van der Waals surface area contributed by atoms with Crippen molar-refractivity contribution in [2.75, 3.05) is 19.3 Å². The van der Waals surface area contributed by atoms with Crippen molar-refractivity contribution >= 4 is 17.7 Å². The van der Waals surface area contributed by atoms with Crippen LogP contribution in [-0.4, -0.2) is 46.3 Å². The average Bonchev–Trinajstić information content (AvgIpc) is 3.24. The zero-order chi connectivity index (χ0) is 13.7. The maximum absolute atomic E-state index is 11.9. The van der Waals surface area contributed by atoms with Crippen LogP contribution in [0.2, 0.25) is 0 Å². The van der Waals surface area contributed by atoms with E-state index in [1.807, 2.05) is 18.2 Å². The molecule has 1 unspecified atom stereocenters. The van der Waals surface area contributed by atoms with E-state index in [0.29, 0.717) is 18.2 Å². The van der Waals surface area contributed by atoms with Crippen molar-refractivity contribution in [2.45, 2.75) is 24.7 Å². The normalized spacial score (nSPS) is 16.1. The molecule has 1 atom stereocenters. The molecular formula is C14H20N2O2S. The molecule has 5 heteroatoms. The fraction of sp³-hybridized carbons (Fsp3) is 0.571. The standard InChI is InChI=1S/C14H20N2O2S/c1-16(8-13(17)11-5-6-11)14(18)10-19-9-12-4-2-3-7-15-12/h2-4,7,11,13,17H,5-6,8-10H2,1H3. The zero-order valence-electron chi connectivity index (χ0n) is 11.2. The molecule has 0 spiro atoms. The Morgan fingerprint density at radius 3 is 3.00 bits per heavy atom. The number of carbonyl (C=O) groups excluding carboxylic acids is 1.